The second kappa shape index (κ2) is 6.51. The fourth-order valence-electron chi connectivity index (χ4n) is 1.99. The van der Waals surface area contributed by atoms with E-state index in [1.807, 2.05) is 11.8 Å². The largest absolute Gasteiger partial charge is 0.345 e. The van der Waals surface area contributed by atoms with Gasteiger partial charge in [0.2, 0.25) is 11.8 Å². The summed E-state index contributed by atoms with van der Waals surface area (Å²) in [5.41, 5.74) is 0. The van der Waals surface area contributed by atoms with Gasteiger partial charge in [0.25, 0.3) is 0 Å². The molecule has 0 bridgehead atoms. The summed E-state index contributed by atoms with van der Waals surface area (Å²) in [6.07, 6.45) is 4.69. The predicted octanol–water partition coefficient (Wildman–Crippen LogP) is 1.30. The molecule has 1 heterocycles. The van der Waals surface area contributed by atoms with E-state index < -0.39 is 0 Å². The monoisotopic (exact) mass is 226 g/mol. The van der Waals surface area contributed by atoms with Gasteiger partial charge in [0.15, 0.2) is 0 Å². The van der Waals surface area contributed by atoms with Crippen molar-refractivity contribution in [2.24, 2.45) is 0 Å². The summed E-state index contributed by atoms with van der Waals surface area (Å²) in [7, 11) is 0. The second-order valence-electron chi connectivity index (χ2n) is 4.43. The van der Waals surface area contributed by atoms with Gasteiger partial charge in [0, 0.05) is 19.5 Å². The Kier molecular flexibility index (Phi) is 5.29. The minimum atomic E-state index is -0.378. The van der Waals surface area contributed by atoms with Crippen molar-refractivity contribution < 1.29 is 9.59 Å². The molecule has 1 N–H and O–H groups in total. The van der Waals surface area contributed by atoms with Crippen LogP contribution < -0.4 is 5.32 Å². The Morgan fingerprint density at radius 1 is 1.25 bits per heavy atom. The van der Waals surface area contributed by atoms with Crippen molar-refractivity contribution in [3.05, 3.63) is 0 Å². The highest BCUT2D eigenvalue weighted by atomic mass is 16.2. The molecule has 1 saturated heterocycles. The Morgan fingerprint density at radius 3 is 2.44 bits per heavy atom. The van der Waals surface area contributed by atoms with E-state index in [4.69, 9.17) is 0 Å². The zero-order valence-corrected chi connectivity index (χ0v) is 10.3. The first-order chi connectivity index (χ1) is 7.65. The van der Waals surface area contributed by atoms with Crippen LogP contribution in [0.1, 0.15) is 46.0 Å². The lowest BCUT2D eigenvalue weighted by molar-refractivity contribution is -0.136. The van der Waals surface area contributed by atoms with E-state index in [1.165, 1.54) is 6.42 Å². The molecule has 92 valence electrons. The topological polar surface area (TPSA) is 49.4 Å². The van der Waals surface area contributed by atoms with Crippen LogP contribution in [-0.4, -0.2) is 35.8 Å². The molecule has 4 nitrogen and oxygen atoms in total. The number of hydrogen-bond donors (Lipinski definition) is 1. The molecule has 1 unspecified atom stereocenters. The molecular weight excluding hydrogens is 204 g/mol. The molecule has 0 saturated carbocycles. The van der Waals surface area contributed by atoms with Crippen LogP contribution in [0.5, 0.6) is 0 Å². The van der Waals surface area contributed by atoms with Gasteiger partial charge < -0.3 is 10.2 Å². The average Bonchev–Trinajstić information content (AvgIpc) is 2.29. The van der Waals surface area contributed by atoms with Gasteiger partial charge in [0.05, 0.1) is 0 Å². The number of rotatable bonds is 4. The van der Waals surface area contributed by atoms with Gasteiger partial charge in [-0.3, -0.25) is 9.59 Å². The number of amides is 2. The summed E-state index contributed by atoms with van der Waals surface area (Å²) in [5, 5.41) is 2.75. The number of hydrogen-bond acceptors (Lipinski definition) is 2. The normalized spacial score (nSPS) is 18.0. The summed E-state index contributed by atoms with van der Waals surface area (Å²) in [5.74, 6) is 0.0320. The highest BCUT2D eigenvalue weighted by Gasteiger charge is 2.22. The maximum Gasteiger partial charge on any atom is 0.244 e. The first kappa shape index (κ1) is 13.0. The predicted molar refractivity (Wildman–Crippen MR) is 62.9 cm³/mol. The lowest BCUT2D eigenvalue weighted by atomic mass is 10.1. The maximum atomic E-state index is 11.9. The quantitative estimate of drug-likeness (QED) is 0.785. The van der Waals surface area contributed by atoms with Crippen LogP contribution in [0.4, 0.5) is 0 Å². The molecule has 0 aromatic heterocycles. The van der Waals surface area contributed by atoms with Crippen molar-refractivity contribution >= 4 is 11.8 Å². The van der Waals surface area contributed by atoms with Crippen LogP contribution in [-0.2, 0) is 9.59 Å². The molecule has 0 aromatic rings. The van der Waals surface area contributed by atoms with E-state index in [1.54, 1.807) is 6.92 Å². The maximum absolute atomic E-state index is 11.9. The first-order valence-corrected chi connectivity index (χ1v) is 6.23. The van der Waals surface area contributed by atoms with Gasteiger partial charge in [-0.1, -0.05) is 6.92 Å². The Hall–Kier alpha value is -1.06. The van der Waals surface area contributed by atoms with Crippen LogP contribution in [0.3, 0.4) is 0 Å². The molecule has 1 aliphatic heterocycles. The Balaban J connectivity index is 2.37. The van der Waals surface area contributed by atoms with Crippen molar-refractivity contribution in [1.29, 1.82) is 0 Å². The summed E-state index contributed by atoms with van der Waals surface area (Å²) < 4.78 is 0. The minimum absolute atomic E-state index is 0.0274. The van der Waals surface area contributed by atoms with E-state index in [9.17, 15) is 9.59 Å². The molecule has 0 aromatic carbocycles. The number of carbonyl (C=O) groups excluding carboxylic acids is 2. The number of piperidine rings is 1. The van der Waals surface area contributed by atoms with Crippen LogP contribution in [0, 0.1) is 0 Å². The van der Waals surface area contributed by atoms with Crippen molar-refractivity contribution in [3.8, 4) is 0 Å². The Morgan fingerprint density at radius 2 is 1.88 bits per heavy atom. The third-order valence-corrected chi connectivity index (χ3v) is 2.89. The summed E-state index contributed by atoms with van der Waals surface area (Å²) in [6, 6.07) is -0.378. The number of nitrogens with one attached hydrogen (secondary N) is 1. The third-order valence-electron chi connectivity index (χ3n) is 2.89. The molecule has 0 radical (unpaired) electrons. The molecule has 16 heavy (non-hydrogen) atoms. The fraction of sp³-hybridized carbons (Fsp3) is 0.833. The van der Waals surface area contributed by atoms with Gasteiger partial charge in [-0.05, 0) is 32.6 Å². The smallest absolute Gasteiger partial charge is 0.244 e. The van der Waals surface area contributed by atoms with Crippen molar-refractivity contribution in [2.45, 2.75) is 52.0 Å². The van der Waals surface area contributed by atoms with Gasteiger partial charge in [-0.2, -0.15) is 0 Å². The van der Waals surface area contributed by atoms with Crippen LogP contribution in [0.15, 0.2) is 0 Å². The molecular formula is C12H22N2O2. The Labute approximate surface area is 97.4 Å². The fourth-order valence-corrected chi connectivity index (χ4v) is 1.99. The molecule has 1 rings (SSSR count). The number of nitrogens with zero attached hydrogens (tertiary/aromatic N) is 1. The highest BCUT2D eigenvalue weighted by Crippen LogP contribution is 2.09. The standard InChI is InChI=1S/C12H22N2O2/c1-3-7-11(15)13-10(2)12(16)14-8-5-4-6-9-14/h10H,3-9H2,1-2H3,(H,13,15). The number of carbonyl (C=O) groups is 2. The number of likely N-dealkylation sites (tertiary alicyclic amines) is 1. The van der Waals surface area contributed by atoms with Crippen molar-refractivity contribution in [3.63, 3.8) is 0 Å². The molecule has 0 spiro atoms. The highest BCUT2D eigenvalue weighted by molar-refractivity contribution is 5.87. The van der Waals surface area contributed by atoms with E-state index in [2.05, 4.69) is 5.32 Å². The van der Waals surface area contributed by atoms with Gasteiger partial charge in [0.1, 0.15) is 6.04 Å². The average molecular weight is 226 g/mol. The van der Waals surface area contributed by atoms with E-state index in [0.717, 1.165) is 32.4 Å². The summed E-state index contributed by atoms with van der Waals surface area (Å²) >= 11 is 0. The lowest BCUT2D eigenvalue weighted by Gasteiger charge is -2.29. The summed E-state index contributed by atoms with van der Waals surface area (Å²) in [4.78, 5) is 25.2. The van der Waals surface area contributed by atoms with Crippen LogP contribution in [0.25, 0.3) is 0 Å². The third kappa shape index (κ3) is 3.83. The molecule has 1 fully saturated rings. The van der Waals surface area contributed by atoms with E-state index in [-0.39, 0.29) is 17.9 Å². The van der Waals surface area contributed by atoms with Crippen molar-refractivity contribution in [1.82, 2.24) is 10.2 Å². The zero-order chi connectivity index (χ0) is 12.0. The molecule has 0 aliphatic carbocycles. The van der Waals surface area contributed by atoms with E-state index >= 15 is 0 Å². The van der Waals surface area contributed by atoms with Crippen LogP contribution in [0.2, 0.25) is 0 Å². The van der Waals surface area contributed by atoms with Gasteiger partial charge in [-0.15, -0.1) is 0 Å². The lowest BCUT2D eigenvalue weighted by Crippen LogP contribution is -2.48. The molecule has 2 amide bonds. The summed E-state index contributed by atoms with van der Waals surface area (Å²) in [6.45, 7) is 5.40. The van der Waals surface area contributed by atoms with Crippen LogP contribution >= 0.6 is 0 Å². The van der Waals surface area contributed by atoms with Gasteiger partial charge in [-0.25, -0.2) is 0 Å². The van der Waals surface area contributed by atoms with Gasteiger partial charge >= 0.3 is 0 Å². The first-order valence-electron chi connectivity index (χ1n) is 6.23. The minimum Gasteiger partial charge on any atom is -0.345 e. The van der Waals surface area contributed by atoms with Crippen molar-refractivity contribution in [2.75, 3.05) is 13.1 Å². The zero-order valence-electron chi connectivity index (χ0n) is 10.3. The molecule has 1 atom stereocenters. The Bertz CT molecular complexity index is 247. The molecule has 1 aliphatic rings. The van der Waals surface area contributed by atoms with E-state index in [0.29, 0.717) is 6.42 Å². The second-order valence-corrected chi connectivity index (χ2v) is 4.43. The SMILES string of the molecule is CCCC(=O)NC(C)C(=O)N1CCCCC1. The molecule has 4 heteroatoms.